The molecule has 0 bridgehead atoms. The zero-order valence-corrected chi connectivity index (χ0v) is 9.53. The molecule has 1 fully saturated rings. The Morgan fingerprint density at radius 3 is 2.69 bits per heavy atom. The van der Waals surface area contributed by atoms with Gasteiger partial charge in [-0.1, -0.05) is 6.07 Å². The Morgan fingerprint density at radius 1 is 1.50 bits per heavy atom. The molecule has 0 unspecified atom stereocenters. The highest BCUT2D eigenvalue weighted by Gasteiger charge is 2.32. The van der Waals surface area contributed by atoms with E-state index in [4.69, 9.17) is 4.74 Å². The molecule has 0 saturated heterocycles. The monoisotopic (exact) mass is 221 g/mol. The molecule has 1 aliphatic rings. The average Bonchev–Trinajstić information content (AvgIpc) is 3.02. The Labute approximate surface area is 94.4 Å². The van der Waals surface area contributed by atoms with Crippen molar-refractivity contribution in [2.75, 3.05) is 6.61 Å². The van der Waals surface area contributed by atoms with Gasteiger partial charge in [0.05, 0.1) is 11.5 Å². The van der Waals surface area contributed by atoms with Gasteiger partial charge >= 0.3 is 5.69 Å². The molecular weight excluding hydrogens is 206 g/mol. The van der Waals surface area contributed by atoms with Crippen LogP contribution in [0.2, 0.25) is 0 Å². The first kappa shape index (κ1) is 10.9. The van der Waals surface area contributed by atoms with E-state index in [0.29, 0.717) is 18.3 Å². The molecule has 0 N–H and O–H groups in total. The van der Waals surface area contributed by atoms with Gasteiger partial charge in [0.15, 0.2) is 0 Å². The summed E-state index contributed by atoms with van der Waals surface area (Å²) in [4.78, 5) is 10.6. The van der Waals surface area contributed by atoms with Crippen LogP contribution in [0, 0.1) is 17.0 Å². The van der Waals surface area contributed by atoms with E-state index in [1.165, 1.54) is 6.07 Å². The van der Waals surface area contributed by atoms with Gasteiger partial charge in [0, 0.05) is 11.6 Å². The van der Waals surface area contributed by atoms with Crippen LogP contribution in [0.25, 0.3) is 0 Å². The Bertz CT molecular complexity index is 425. The number of rotatable bonds is 4. The molecule has 0 atom stereocenters. The molecule has 0 aliphatic heterocycles. The minimum absolute atomic E-state index is 0.0920. The average molecular weight is 221 g/mol. The summed E-state index contributed by atoms with van der Waals surface area (Å²) in [5, 5.41) is 10.9. The summed E-state index contributed by atoms with van der Waals surface area (Å²) in [6.45, 7) is 4.30. The second-order valence-corrected chi connectivity index (χ2v) is 4.11. The highest BCUT2D eigenvalue weighted by Crippen LogP contribution is 2.48. The molecule has 2 rings (SSSR count). The highest BCUT2D eigenvalue weighted by atomic mass is 16.6. The summed E-state index contributed by atoms with van der Waals surface area (Å²) in [5.74, 6) is 0.941. The minimum Gasteiger partial charge on any atom is -0.487 e. The zero-order chi connectivity index (χ0) is 11.7. The molecule has 16 heavy (non-hydrogen) atoms. The van der Waals surface area contributed by atoms with Crippen LogP contribution in [-0.4, -0.2) is 11.5 Å². The zero-order valence-electron chi connectivity index (χ0n) is 9.53. The lowest BCUT2D eigenvalue weighted by Gasteiger charge is -2.12. The fourth-order valence-corrected chi connectivity index (χ4v) is 2.01. The van der Waals surface area contributed by atoms with Gasteiger partial charge in [-0.3, -0.25) is 10.1 Å². The third-order valence-electron chi connectivity index (χ3n) is 2.86. The molecular formula is C12H15NO3. The van der Waals surface area contributed by atoms with E-state index in [-0.39, 0.29) is 10.6 Å². The van der Waals surface area contributed by atoms with Crippen molar-refractivity contribution in [3.8, 4) is 5.75 Å². The lowest BCUT2D eigenvalue weighted by Crippen LogP contribution is -2.02. The van der Waals surface area contributed by atoms with Crippen LogP contribution in [0.1, 0.15) is 36.8 Å². The molecule has 0 amide bonds. The van der Waals surface area contributed by atoms with E-state index >= 15 is 0 Å². The van der Waals surface area contributed by atoms with Gasteiger partial charge in [-0.25, -0.2) is 0 Å². The van der Waals surface area contributed by atoms with Crippen LogP contribution in [0.15, 0.2) is 12.1 Å². The first-order chi connectivity index (χ1) is 7.65. The summed E-state index contributed by atoms with van der Waals surface area (Å²) >= 11 is 0. The molecule has 0 aromatic heterocycles. The molecule has 1 aliphatic carbocycles. The maximum Gasteiger partial charge on any atom is 0.311 e. The van der Waals surface area contributed by atoms with Gasteiger partial charge < -0.3 is 4.74 Å². The maximum absolute atomic E-state index is 10.9. The lowest BCUT2D eigenvalue weighted by atomic mass is 10.0. The van der Waals surface area contributed by atoms with Crippen LogP contribution in [0.3, 0.4) is 0 Å². The predicted molar refractivity (Wildman–Crippen MR) is 61.0 cm³/mol. The highest BCUT2D eigenvalue weighted by molar-refractivity contribution is 5.57. The number of aryl methyl sites for hydroxylation is 1. The van der Waals surface area contributed by atoms with E-state index in [0.717, 1.165) is 24.0 Å². The largest absolute Gasteiger partial charge is 0.487 e. The van der Waals surface area contributed by atoms with Crippen LogP contribution in [0.4, 0.5) is 5.69 Å². The Kier molecular flexibility index (Phi) is 2.81. The van der Waals surface area contributed by atoms with Crippen molar-refractivity contribution < 1.29 is 9.66 Å². The fourth-order valence-electron chi connectivity index (χ4n) is 2.01. The molecule has 86 valence electrons. The Morgan fingerprint density at radius 2 is 2.19 bits per heavy atom. The number of hydrogen-bond acceptors (Lipinski definition) is 3. The van der Waals surface area contributed by atoms with Gasteiger partial charge in [0.2, 0.25) is 5.75 Å². The van der Waals surface area contributed by atoms with Crippen molar-refractivity contribution >= 4 is 5.69 Å². The van der Waals surface area contributed by atoms with Crippen LogP contribution in [0.5, 0.6) is 5.75 Å². The Balaban J connectivity index is 2.54. The van der Waals surface area contributed by atoms with E-state index in [2.05, 4.69) is 0 Å². The molecule has 1 saturated carbocycles. The fraction of sp³-hybridized carbons (Fsp3) is 0.500. The molecule has 1 aromatic rings. The predicted octanol–water partition coefficient (Wildman–Crippen LogP) is 3.18. The normalized spacial score (nSPS) is 14.9. The lowest BCUT2D eigenvalue weighted by molar-refractivity contribution is -0.385. The van der Waals surface area contributed by atoms with E-state index in [9.17, 15) is 10.1 Å². The first-order valence-corrected chi connectivity index (χ1v) is 5.55. The number of hydrogen-bond donors (Lipinski definition) is 0. The van der Waals surface area contributed by atoms with E-state index < -0.39 is 0 Å². The number of nitro benzene ring substituents is 1. The number of nitro groups is 1. The minimum atomic E-state index is -0.365. The third-order valence-corrected chi connectivity index (χ3v) is 2.86. The van der Waals surface area contributed by atoms with Crippen molar-refractivity contribution in [3.63, 3.8) is 0 Å². The molecule has 0 radical (unpaired) electrons. The van der Waals surface area contributed by atoms with Gasteiger partial charge in [0.25, 0.3) is 0 Å². The first-order valence-electron chi connectivity index (χ1n) is 5.55. The number of nitrogens with zero attached hydrogens (tertiary/aromatic N) is 1. The number of ether oxygens (including phenoxy) is 1. The molecule has 0 heterocycles. The smallest absolute Gasteiger partial charge is 0.311 e. The Hall–Kier alpha value is -1.58. The van der Waals surface area contributed by atoms with E-state index in [1.54, 1.807) is 0 Å². The summed E-state index contributed by atoms with van der Waals surface area (Å²) in [6, 6.07) is 3.35. The van der Waals surface area contributed by atoms with Gasteiger partial charge in [-0.2, -0.15) is 0 Å². The second-order valence-electron chi connectivity index (χ2n) is 4.11. The molecule has 0 spiro atoms. The van der Waals surface area contributed by atoms with Crippen molar-refractivity contribution in [3.05, 3.63) is 33.4 Å². The van der Waals surface area contributed by atoms with Crippen molar-refractivity contribution in [1.29, 1.82) is 0 Å². The van der Waals surface area contributed by atoms with Gasteiger partial charge in [0.1, 0.15) is 0 Å². The summed E-state index contributed by atoms with van der Waals surface area (Å²) in [6.07, 6.45) is 2.23. The third kappa shape index (κ3) is 1.87. The van der Waals surface area contributed by atoms with Crippen LogP contribution in [-0.2, 0) is 0 Å². The van der Waals surface area contributed by atoms with Crippen LogP contribution >= 0.6 is 0 Å². The summed E-state index contributed by atoms with van der Waals surface area (Å²) < 4.78 is 5.47. The van der Waals surface area contributed by atoms with E-state index in [1.807, 2.05) is 19.9 Å². The van der Waals surface area contributed by atoms with Gasteiger partial charge in [-0.05, 0) is 38.2 Å². The SMILES string of the molecule is CCOc1c([N+](=O)[O-])ccc(C)c1C1CC1. The molecule has 4 heteroatoms. The topological polar surface area (TPSA) is 52.4 Å². The summed E-state index contributed by atoms with van der Waals surface area (Å²) in [7, 11) is 0. The van der Waals surface area contributed by atoms with Gasteiger partial charge in [-0.15, -0.1) is 0 Å². The number of benzene rings is 1. The van der Waals surface area contributed by atoms with Crippen molar-refractivity contribution in [2.45, 2.75) is 32.6 Å². The van der Waals surface area contributed by atoms with Crippen molar-refractivity contribution in [1.82, 2.24) is 0 Å². The standard InChI is InChI=1S/C12H15NO3/c1-3-16-12-10(13(14)15)7-4-8(2)11(12)9-5-6-9/h4,7,9H,3,5-6H2,1-2H3. The summed E-state index contributed by atoms with van der Waals surface area (Å²) in [5.41, 5.74) is 2.22. The molecule has 1 aromatic carbocycles. The quantitative estimate of drug-likeness (QED) is 0.579. The maximum atomic E-state index is 10.9. The van der Waals surface area contributed by atoms with Crippen LogP contribution < -0.4 is 4.74 Å². The van der Waals surface area contributed by atoms with Crippen molar-refractivity contribution in [2.24, 2.45) is 0 Å². The second kappa shape index (κ2) is 4.12. The molecule has 4 nitrogen and oxygen atoms in total.